The van der Waals surface area contributed by atoms with E-state index in [9.17, 15) is 4.79 Å². The van der Waals surface area contributed by atoms with E-state index in [1.165, 1.54) is 0 Å². The van der Waals surface area contributed by atoms with Crippen LogP contribution in [0.15, 0.2) is 0 Å². The lowest BCUT2D eigenvalue weighted by Crippen LogP contribution is -2.26. The summed E-state index contributed by atoms with van der Waals surface area (Å²) >= 11 is 3.39. The Bertz CT molecular complexity index is 149. The number of Topliss-reactive ketones (excluding diaryl/α,β-unsaturated/α-hetero) is 1. The summed E-state index contributed by atoms with van der Waals surface area (Å²) in [5.41, 5.74) is 5.59. The zero-order valence-electron chi connectivity index (χ0n) is 8.58. The van der Waals surface area contributed by atoms with Gasteiger partial charge in [0.15, 0.2) is 0 Å². The molecular weight excluding hydrogens is 202 g/mol. The molecule has 2 atom stereocenters. The maximum atomic E-state index is 11.4. The number of ketones is 1. The van der Waals surface area contributed by atoms with Gasteiger partial charge in [0.2, 0.25) is 0 Å². The van der Waals surface area contributed by atoms with E-state index in [-0.39, 0.29) is 5.25 Å². The molecule has 78 valence electrons. The van der Waals surface area contributed by atoms with Crippen molar-refractivity contribution in [3.63, 3.8) is 0 Å². The molecule has 0 aromatic carbocycles. The van der Waals surface area contributed by atoms with Gasteiger partial charge in [-0.2, -0.15) is 23.5 Å². The molecule has 0 saturated carbocycles. The molecule has 0 amide bonds. The highest BCUT2D eigenvalue weighted by Crippen LogP contribution is 2.21. The summed E-state index contributed by atoms with van der Waals surface area (Å²) in [6, 6.07) is 0. The Hall–Kier alpha value is 0.330. The molecule has 13 heavy (non-hydrogen) atoms. The van der Waals surface area contributed by atoms with Gasteiger partial charge in [0.25, 0.3) is 0 Å². The van der Waals surface area contributed by atoms with Crippen LogP contribution < -0.4 is 5.73 Å². The van der Waals surface area contributed by atoms with Crippen molar-refractivity contribution < 1.29 is 4.79 Å². The van der Waals surface area contributed by atoms with Gasteiger partial charge in [-0.25, -0.2) is 0 Å². The van der Waals surface area contributed by atoms with E-state index in [1.54, 1.807) is 23.5 Å². The largest absolute Gasteiger partial charge is 0.329 e. The van der Waals surface area contributed by atoms with Crippen LogP contribution in [0.5, 0.6) is 0 Å². The van der Waals surface area contributed by atoms with Gasteiger partial charge in [0.1, 0.15) is 5.78 Å². The molecule has 0 fully saturated rings. The molecule has 0 aliphatic heterocycles. The van der Waals surface area contributed by atoms with Gasteiger partial charge in [-0.15, -0.1) is 0 Å². The quantitative estimate of drug-likeness (QED) is 0.711. The molecule has 0 heterocycles. The first-order valence-corrected chi connectivity index (χ1v) is 7.05. The standard InChI is InChI=1S/C9H19NOS2/c1-4-8(11)9(13-3)5-7(6-10)12-2/h7,9H,4-6,10H2,1-3H3. The van der Waals surface area contributed by atoms with Gasteiger partial charge in [-0.05, 0) is 18.9 Å². The van der Waals surface area contributed by atoms with E-state index in [4.69, 9.17) is 5.73 Å². The lowest BCUT2D eigenvalue weighted by atomic mass is 10.1. The molecule has 0 aromatic rings. The van der Waals surface area contributed by atoms with Crippen LogP contribution in [0.1, 0.15) is 19.8 Å². The molecule has 0 aliphatic carbocycles. The van der Waals surface area contributed by atoms with E-state index < -0.39 is 0 Å². The Kier molecular flexibility index (Phi) is 7.90. The van der Waals surface area contributed by atoms with Crippen molar-refractivity contribution in [2.45, 2.75) is 30.3 Å². The van der Waals surface area contributed by atoms with Gasteiger partial charge in [0, 0.05) is 18.2 Å². The summed E-state index contributed by atoms with van der Waals surface area (Å²) in [6.07, 6.45) is 5.58. The van der Waals surface area contributed by atoms with Gasteiger partial charge in [-0.3, -0.25) is 4.79 Å². The van der Waals surface area contributed by atoms with Gasteiger partial charge < -0.3 is 5.73 Å². The first-order chi connectivity index (χ1) is 6.19. The summed E-state index contributed by atoms with van der Waals surface area (Å²) in [5.74, 6) is 0.347. The van der Waals surface area contributed by atoms with Gasteiger partial charge in [-0.1, -0.05) is 6.92 Å². The predicted molar refractivity (Wildman–Crippen MR) is 63.6 cm³/mol. The molecule has 4 heteroatoms. The van der Waals surface area contributed by atoms with Crippen LogP contribution in [0, 0.1) is 0 Å². The fourth-order valence-corrected chi connectivity index (χ4v) is 2.67. The first-order valence-electron chi connectivity index (χ1n) is 4.47. The molecule has 0 rings (SSSR count). The molecule has 0 saturated heterocycles. The van der Waals surface area contributed by atoms with Crippen molar-refractivity contribution in [1.29, 1.82) is 0 Å². The van der Waals surface area contributed by atoms with E-state index in [1.807, 2.05) is 19.4 Å². The second-order valence-corrected chi connectivity index (χ2v) is 5.05. The molecule has 0 aromatic heterocycles. The minimum Gasteiger partial charge on any atom is -0.329 e. The zero-order chi connectivity index (χ0) is 10.3. The van der Waals surface area contributed by atoms with Crippen LogP contribution in [-0.4, -0.2) is 35.3 Å². The summed E-state index contributed by atoms with van der Waals surface area (Å²) in [4.78, 5) is 11.4. The van der Waals surface area contributed by atoms with Crippen LogP contribution in [-0.2, 0) is 4.79 Å². The zero-order valence-corrected chi connectivity index (χ0v) is 10.2. The monoisotopic (exact) mass is 221 g/mol. The Labute approximate surface area is 89.4 Å². The highest BCUT2D eigenvalue weighted by molar-refractivity contribution is 8.00. The minimum atomic E-state index is 0.144. The van der Waals surface area contributed by atoms with Crippen molar-refractivity contribution in [3.05, 3.63) is 0 Å². The molecular formula is C9H19NOS2. The van der Waals surface area contributed by atoms with Crippen LogP contribution >= 0.6 is 23.5 Å². The third-order valence-electron chi connectivity index (χ3n) is 2.07. The number of hydrogen-bond donors (Lipinski definition) is 1. The van der Waals surface area contributed by atoms with E-state index in [2.05, 4.69) is 0 Å². The first kappa shape index (κ1) is 13.3. The number of hydrogen-bond acceptors (Lipinski definition) is 4. The third kappa shape index (κ3) is 4.93. The average molecular weight is 221 g/mol. The van der Waals surface area contributed by atoms with Crippen LogP contribution in [0.25, 0.3) is 0 Å². The normalized spacial score (nSPS) is 15.4. The lowest BCUT2D eigenvalue weighted by Gasteiger charge is -2.17. The molecule has 2 N–H and O–H groups in total. The highest BCUT2D eigenvalue weighted by Gasteiger charge is 2.19. The Morgan fingerprint density at radius 3 is 2.31 bits per heavy atom. The number of carbonyl (C=O) groups is 1. The van der Waals surface area contributed by atoms with E-state index in [0.717, 1.165) is 6.42 Å². The summed E-state index contributed by atoms with van der Waals surface area (Å²) in [6.45, 7) is 2.58. The maximum Gasteiger partial charge on any atom is 0.145 e. The molecule has 0 radical (unpaired) electrons. The average Bonchev–Trinajstić information content (AvgIpc) is 2.19. The number of nitrogens with two attached hydrogens (primary N) is 1. The van der Waals surface area contributed by atoms with Crippen molar-refractivity contribution in [3.8, 4) is 0 Å². The van der Waals surface area contributed by atoms with Crippen molar-refractivity contribution in [2.75, 3.05) is 19.1 Å². The number of thioether (sulfide) groups is 2. The third-order valence-corrected chi connectivity index (χ3v) is 4.14. The fraction of sp³-hybridized carbons (Fsp3) is 0.889. The van der Waals surface area contributed by atoms with E-state index in [0.29, 0.717) is 24.0 Å². The molecule has 2 unspecified atom stereocenters. The SMILES string of the molecule is CCC(=O)C(CC(CN)SC)SC. The van der Waals surface area contributed by atoms with Crippen molar-refractivity contribution in [2.24, 2.45) is 5.73 Å². The predicted octanol–water partition coefficient (Wildman–Crippen LogP) is 1.78. The molecule has 2 nitrogen and oxygen atoms in total. The summed E-state index contributed by atoms with van der Waals surface area (Å²) in [5, 5.41) is 0.568. The number of rotatable bonds is 7. The van der Waals surface area contributed by atoms with Crippen molar-refractivity contribution in [1.82, 2.24) is 0 Å². The Balaban J connectivity index is 4.02. The topological polar surface area (TPSA) is 43.1 Å². The molecule has 0 bridgehead atoms. The summed E-state index contributed by atoms with van der Waals surface area (Å²) < 4.78 is 0. The second-order valence-electron chi connectivity index (χ2n) is 2.87. The second kappa shape index (κ2) is 7.71. The smallest absolute Gasteiger partial charge is 0.145 e. The lowest BCUT2D eigenvalue weighted by molar-refractivity contribution is -0.118. The van der Waals surface area contributed by atoms with E-state index >= 15 is 0 Å². The summed E-state index contributed by atoms with van der Waals surface area (Å²) in [7, 11) is 0. The van der Waals surface area contributed by atoms with Crippen molar-refractivity contribution >= 4 is 29.3 Å². The molecule has 0 aliphatic rings. The van der Waals surface area contributed by atoms with Crippen LogP contribution in [0.3, 0.4) is 0 Å². The van der Waals surface area contributed by atoms with Crippen LogP contribution in [0.2, 0.25) is 0 Å². The Morgan fingerprint density at radius 1 is 1.38 bits per heavy atom. The molecule has 0 spiro atoms. The highest BCUT2D eigenvalue weighted by atomic mass is 32.2. The van der Waals surface area contributed by atoms with Crippen LogP contribution in [0.4, 0.5) is 0 Å². The minimum absolute atomic E-state index is 0.144. The maximum absolute atomic E-state index is 11.4. The number of carbonyl (C=O) groups excluding carboxylic acids is 1. The fourth-order valence-electron chi connectivity index (χ4n) is 1.11. The Morgan fingerprint density at radius 2 is 2.00 bits per heavy atom. The van der Waals surface area contributed by atoms with Gasteiger partial charge in [0.05, 0.1) is 5.25 Å². The van der Waals surface area contributed by atoms with Gasteiger partial charge >= 0.3 is 0 Å².